The Labute approximate surface area is 272 Å². The van der Waals surface area contributed by atoms with E-state index < -0.39 is 6.15 Å². The molecule has 4 nitrogen and oxygen atoms in total. The lowest BCUT2D eigenvalue weighted by Crippen LogP contribution is -2.74. The van der Waals surface area contributed by atoms with Gasteiger partial charge in [-0.3, -0.25) is 0 Å². The minimum Gasteiger partial charge on any atom is -0.494 e. The van der Waals surface area contributed by atoms with Gasteiger partial charge in [0.1, 0.15) is 29.1 Å². The topological polar surface area (TPSA) is 36.9 Å². The van der Waals surface area contributed by atoms with Crippen LogP contribution in [0.25, 0.3) is 0 Å². The third kappa shape index (κ3) is 9.09. The maximum absolute atomic E-state index is 6.08. The fourth-order valence-corrected chi connectivity index (χ4v) is 5.90. The first-order chi connectivity index (χ1) is 22.1. The van der Waals surface area contributed by atoms with Crippen LogP contribution in [0.3, 0.4) is 0 Å². The van der Waals surface area contributed by atoms with Crippen molar-refractivity contribution in [2.45, 2.75) is 79.1 Å². The lowest BCUT2D eigenvalue weighted by Gasteiger charge is -2.44. The zero-order valence-corrected chi connectivity index (χ0v) is 27.9. The van der Waals surface area contributed by atoms with E-state index in [-0.39, 0.29) is 0 Å². The Bertz CT molecular complexity index is 1150. The van der Waals surface area contributed by atoms with Gasteiger partial charge >= 0.3 is 0 Å². The molecule has 0 amide bonds. The Morgan fingerprint density at radius 2 is 0.533 bits per heavy atom. The second-order valence-electron chi connectivity index (χ2n) is 12.0. The average molecular weight is 608 g/mol. The number of ether oxygens (including phenoxy) is 4. The van der Waals surface area contributed by atoms with Crippen LogP contribution in [0.4, 0.5) is 0 Å². The van der Waals surface area contributed by atoms with Crippen molar-refractivity contribution in [1.29, 1.82) is 0 Å². The maximum Gasteiger partial charge on any atom is 0.119 e. The number of hydrogen-bond acceptors (Lipinski definition) is 4. The van der Waals surface area contributed by atoms with Crippen LogP contribution in [0.5, 0.6) is 23.0 Å². The molecule has 0 aliphatic heterocycles. The standard InChI is InChI=1S/C40H52BO4/c1-5-9-29-42-37-21-13-33(14-22-37)41(34-15-23-38(24-16-34)43-30-10-6-2,35-17-25-39(26-18-35)44-31-11-7-3)36-19-27-40(28-20-36)45-32-12-8-4/h13-28H,5-12,29-32H2,1-4H3/q-1. The summed E-state index contributed by atoms with van der Waals surface area (Å²) in [6, 6.07) is 34.9. The number of benzene rings is 4. The molecule has 45 heavy (non-hydrogen) atoms. The lowest BCUT2D eigenvalue weighted by molar-refractivity contribution is 0.309. The van der Waals surface area contributed by atoms with Crippen molar-refractivity contribution in [3.63, 3.8) is 0 Å². The van der Waals surface area contributed by atoms with Crippen molar-refractivity contribution in [3.8, 4) is 23.0 Å². The molecule has 4 aromatic rings. The Kier molecular flexibility index (Phi) is 13.8. The molecule has 0 atom stereocenters. The van der Waals surface area contributed by atoms with Gasteiger partial charge in [0, 0.05) is 0 Å². The summed E-state index contributed by atoms with van der Waals surface area (Å²) in [5, 5.41) is 0. The molecule has 4 rings (SSSR count). The predicted octanol–water partition coefficient (Wildman–Crippen LogP) is 7.78. The van der Waals surface area contributed by atoms with Gasteiger partial charge in [0.05, 0.1) is 26.4 Å². The predicted molar refractivity (Wildman–Crippen MR) is 192 cm³/mol. The molecule has 0 aliphatic rings. The van der Waals surface area contributed by atoms with Crippen molar-refractivity contribution in [2.75, 3.05) is 26.4 Å². The molecule has 0 heterocycles. The summed E-state index contributed by atoms with van der Waals surface area (Å²) in [5.74, 6) is 3.60. The van der Waals surface area contributed by atoms with Gasteiger partial charge in [-0.25, -0.2) is 0 Å². The Balaban J connectivity index is 1.84. The highest BCUT2D eigenvalue weighted by atomic mass is 16.5. The normalized spacial score (nSPS) is 11.3. The van der Waals surface area contributed by atoms with E-state index in [1.54, 1.807) is 0 Å². The van der Waals surface area contributed by atoms with Crippen molar-refractivity contribution < 1.29 is 18.9 Å². The largest absolute Gasteiger partial charge is 0.494 e. The zero-order valence-electron chi connectivity index (χ0n) is 27.9. The van der Waals surface area contributed by atoms with Crippen LogP contribution in [0.15, 0.2) is 97.1 Å². The number of unbranched alkanes of at least 4 members (excludes halogenated alkanes) is 4. The lowest BCUT2D eigenvalue weighted by atomic mass is 9.13. The highest BCUT2D eigenvalue weighted by molar-refractivity contribution is 7.19. The van der Waals surface area contributed by atoms with Gasteiger partial charge in [-0.2, -0.15) is 21.9 Å². The molecule has 0 saturated heterocycles. The van der Waals surface area contributed by atoms with Gasteiger partial charge in [-0.1, -0.05) is 102 Å². The Morgan fingerprint density at radius 1 is 0.333 bits per heavy atom. The monoisotopic (exact) mass is 607 g/mol. The van der Waals surface area contributed by atoms with Crippen LogP contribution in [-0.2, 0) is 0 Å². The number of rotatable bonds is 20. The summed E-state index contributed by atoms with van der Waals surface area (Å²) in [7, 11) is 0. The molecular formula is C40H52BO4-. The van der Waals surface area contributed by atoms with Gasteiger partial charge in [-0.05, 0) is 74.2 Å². The van der Waals surface area contributed by atoms with E-state index in [1.807, 2.05) is 0 Å². The molecule has 0 bridgehead atoms. The molecule has 0 aliphatic carbocycles. The van der Waals surface area contributed by atoms with Gasteiger partial charge in [0.2, 0.25) is 0 Å². The summed E-state index contributed by atoms with van der Waals surface area (Å²) in [5.41, 5.74) is 4.88. The summed E-state index contributed by atoms with van der Waals surface area (Å²) in [4.78, 5) is 0. The van der Waals surface area contributed by atoms with Gasteiger partial charge in [0.15, 0.2) is 0 Å². The van der Waals surface area contributed by atoms with Gasteiger partial charge < -0.3 is 18.9 Å². The van der Waals surface area contributed by atoms with Crippen LogP contribution in [0.2, 0.25) is 0 Å². The van der Waals surface area contributed by atoms with Crippen molar-refractivity contribution in [3.05, 3.63) is 97.1 Å². The van der Waals surface area contributed by atoms with Crippen molar-refractivity contribution in [1.82, 2.24) is 0 Å². The van der Waals surface area contributed by atoms with Crippen LogP contribution in [-0.4, -0.2) is 32.6 Å². The zero-order chi connectivity index (χ0) is 31.7. The van der Waals surface area contributed by atoms with Crippen molar-refractivity contribution in [2.24, 2.45) is 0 Å². The minimum atomic E-state index is -1.58. The van der Waals surface area contributed by atoms with E-state index in [0.29, 0.717) is 0 Å². The summed E-state index contributed by atoms with van der Waals surface area (Å²) < 4.78 is 24.3. The minimum absolute atomic E-state index is 0.727. The molecule has 0 unspecified atom stereocenters. The average Bonchev–Trinajstić information content (AvgIpc) is 3.08. The van der Waals surface area contributed by atoms with E-state index >= 15 is 0 Å². The Morgan fingerprint density at radius 3 is 0.711 bits per heavy atom. The molecule has 4 aromatic carbocycles. The molecule has 0 aromatic heterocycles. The molecule has 5 heteroatoms. The summed E-state index contributed by atoms with van der Waals surface area (Å²) in [6.45, 7) is 11.6. The SMILES string of the molecule is CCCCOc1ccc([B-](c2ccc(OCCCC)cc2)(c2ccc(OCCCC)cc2)c2ccc(OCCCC)cc2)cc1. The maximum atomic E-state index is 6.08. The molecule has 240 valence electrons. The van der Waals surface area contributed by atoms with E-state index in [9.17, 15) is 0 Å². The molecule has 0 radical (unpaired) electrons. The first-order valence-electron chi connectivity index (χ1n) is 17.2. The van der Waals surface area contributed by atoms with Crippen LogP contribution in [0.1, 0.15) is 79.1 Å². The third-order valence-corrected chi connectivity index (χ3v) is 8.59. The highest BCUT2D eigenvalue weighted by Gasteiger charge is 2.32. The second-order valence-corrected chi connectivity index (χ2v) is 12.0. The first kappa shape index (κ1) is 34.0. The molecular weight excluding hydrogens is 555 g/mol. The molecule has 0 fully saturated rings. The molecule has 0 saturated carbocycles. The van der Waals surface area contributed by atoms with Gasteiger partial charge in [-0.15, -0.1) is 0 Å². The van der Waals surface area contributed by atoms with E-state index in [0.717, 1.165) is 101 Å². The van der Waals surface area contributed by atoms with Crippen LogP contribution in [0, 0.1) is 0 Å². The summed E-state index contributed by atoms with van der Waals surface area (Å²) in [6.07, 6.45) is 7.04. The number of hydrogen-bond donors (Lipinski definition) is 0. The first-order valence-corrected chi connectivity index (χ1v) is 17.2. The van der Waals surface area contributed by atoms with Crippen LogP contribution >= 0.6 is 0 Å². The highest BCUT2D eigenvalue weighted by Crippen LogP contribution is 2.19. The third-order valence-electron chi connectivity index (χ3n) is 8.59. The summed E-state index contributed by atoms with van der Waals surface area (Å²) >= 11 is 0. The Hall–Kier alpha value is -3.86. The van der Waals surface area contributed by atoms with Gasteiger partial charge in [0.25, 0.3) is 0 Å². The molecule has 0 spiro atoms. The smallest absolute Gasteiger partial charge is 0.119 e. The quantitative estimate of drug-likeness (QED) is 0.0760. The van der Waals surface area contributed by atoms with E-state index in [4.69, 9.17) is 18.9 Å². The van der Waals surface area contributed by atoms with E-state index in [2.05, 4.69) is 125 Å². The van der Waals surface area contributed by atoms with E-state index in [1.165, 1.54) is 21.9 Å². The van der Waals surface area contributed by atoms with Crippen molar-refractivity contribution >= 4 is 28.0 Å². The fourth-order valence-electron chi connectivity index (χ4n) is 5.90. The molecule has 0 N–H and O–H groups in total. The fraction of sp³-hybridized carbons (Fsp3) is 0.400. The van der Waals surface area contributed by atoms with Crippen LogP contribution < -0.4 is 40.8 Å². The second kappa shape index (κ2) is 18.2.